The average Bonchev–Trinajstić information content (AvgIpc) is 3.35. The molecule has 3 heterocycles. The number of rotatable bonds is 4. The summed E-state index contributed by atoms with van der Waals surface area (Å²) >= 11 is 2.47. The highest BCUT2D eigenvalue weighted by molar-refractivity contribution is 7.99. The number of aromatic amines is 1. The van der Waals surface area contributed by atoms with Crippen LogP contribution in [0.3, 0.4) is 0 Å². The number of thioether (sulfide) groups is 1. The Morgan fingerprint density at radius 1 is 1.15 bits per heavy atom. The molecule has 26 heavy (non-hydrogen) atoms. The lowest BCUT2D eigenvalue weighted by Crippen LogP contribution is -2.14. The van der Waals surface area contributed by atoms with Gasteiger partial charge in [-0.15, -0.1) is 5.10 Å². The van der Waals surface area contributed by atoms with Crippen LogP contribution in [0.15, 0.2) is 47.6 Å². The second kappa shape index (κ2) is 6.07. The van der Waals surface area contributed by atoms with Gasteiger partial charge in [0.1, 0.15) is 11.0 Å². The Hall–Kier alpha value is -2.98. The third kappa shape index (κ3) is 2.50. The van der Waals surface area contributed by atoms with E-state index in [1.54, 1.807) is 0 Å². The fourth-order valence-electron chi connectivity index (χ4n) is 2.76. The largest absolute Gasteiger partial charge is 0.323 e. The van der Waals surface area contributed by atoms with Gasteiger partial charge in [-0.1, -0.05) is 30.0 Å². The van der Waals surface area contributed by atoms with E-state index >= 15 is 0 Å². The van der Waals surface area contributed by atoms with Gasteiger partial charge in [0, 0.05) is 0 Å². The minimum Gasteiger partial charge on any atom is -0.323 e. The van der Waals surface area contributed by atoms with E-state index in [1.165, 1.54) is 11.8 Å². The number of nitrogens with zero attached hydrogens (tertiary/aromatic N) is 5. The molecule has 2 aromatic carbocycles. The molecule has 5 rings (SSSR count). The van der Waals surface area contributed by atoms with E-state index in [1.807, 2.05) is 46.9 Å². The van der Waals surface area contributed by atoms with Crippen LogP contribution in [0.4, 0.5) is 5.69 Å². The van der Waals surface area contributed by atoms with Crippen molar-refractivity contribution in [3.8, 4) is 0 Å². The van der Waals surface area contributed by atoms with E-state index in [9.17, 15) is 4.79 Å². The standard InChI is InChI=1S/C16H11N7OS2/c24-13(17-10-5-3-6-11-14(10)22-26-21-11)8-25-16-20-19-15-18-9-4-1-2-7-12(9)23(15)16/h1-7H,8H2,(H,17,24)(H,18,19). The first-order valence-corrected chi connectivity index (χ1v) is 9.47. The number of aromatic nitrogens is 6. The fourth-order valence-corrected chi connectivity index (χ4v) is 4.07. The molecule has 0 spiro atoms. The van der Waals surface area contributed by atoms with Gasteiger partial charge in [0.2, 0.25) is 11.7 Å². The second-order valence-corrected chi connectivity index (χ2v) is 7.01. The van der Waals surface area contributed by atoms with Crippen molar-refractivity contribution in [2.45, 2.75) is 5.16 Å². The quantitative estimate of drug-likeness (QED) is 0.464. The van der Waals surface area contributed by atoms with Crippen LogP contribution in [-0.4, -0.2) is 40.0 Å². The molecule has 0 bridgehead atoms. The molecule has 3 aromatic heterocycles. The Balaban J connectivity index is 1.37. The Bertz CT molecular complexity index is 1260. The minimum atomic E-state index is -0.129. The number of fused-ring (bicyclic) bond motifs is 4. The highest BCUT2D eigenvalue weighted by atomic mass is 32.2. The summed E-state index contributed by atoms with van der Waals surface area (Å²) in [6.45, 7) is 0. The Morgan fingerprint density at radius 3 is 3.00 bits per heavy atom. The van der Waals surface area contributed by atoms with Gasteiger partial charge in [0.05, 0.1) is 34.2 Å². The lowest BCUT2D eigenvalue weighted by atomic mass is 10.2. The summed E-state index contributed by atoms with van der Waals surface area (Å²) in [5.41, 5.74) is 3.99. The predicted octanol–water partition coefficient (Wildman–Crippen LogP) is 2.95. The van der Waals surface area contributed by atoms with E-state index < -0.39 is 0 Å². The van der Waals surface area contributed by atoms with Gasteiger partial charge in [-0.3, -0.25) is 9.20 Å². The Kier molecular flexibility index (Phi) is 3.57. The first-order valence-electron chi connectivity index (χ1n) is 7.75. The van der Waals surface area contributed by atoms with E-state index in [-0.39, 0.29) is 11.7 Å². The number of hydrogen-bond acceptors (Lipinski definition) is 7. The van der Waals surface area contributed by atoms with Crippen LogP contribution in [0.25, 0.3) is 27.8 Å². The summed E-state index contributed by atoms with van der Waals surface area (Å²) in [6.07, 6.45) is 0. The second-order valence-electron chi connectivity index (χ2n) is 5.54. The molecule has 0 saturated carbocycles. The predicted molar refractivity (Wildman–Crippen MR) is 102 cm³/mol. The lowest BCUT2D eigenvalue weighted by Gasteiger charge is -2.04. The SMILES string of the molecule is O=C(CSc1n[nH]c2nc3ccccc3n12)Nc1cccc2nsnc12. The number of carbonyl (C=O) groups excluding carboxylic acids is 1. The number of amides is 1. The van der Waals surface area contributed by atoms with Gasteiger partial charge in [0.15, 0.2) is 5.16 Å². The molecule has 0 unspecified atom stereocenters. The number of para-hydroxylation sites is 2. The van der Waals surface area contributed by atoms with Crippen LogP contribution in [-0.2, 0) is 4.79 Å². The zero-order valence-electron chi connectivity index (χ0n) is 13.2. The maximum atomic E-state index is 12.4. The summed E-state index contributed by atoms with van der Waals surface area (Å²) in [7, 11) is 0. The molecule has 10 heteroatoms. The van der Waals surface area contributed by atoms with Crippen molar-refractivity contribution in [3.05, 3.63) is 42.5 Å². The van der Waals surface area contributed by atoms with Gasteiger partial charge in [-0.2, -0.15) is 8.75 Å². The maximum absolute atomic E-state index is 12.4. The summed E-state index contributed by atoms with van der Waals surface area (Å²) < 4.78 is 10.3. The first kappa shape index (κ1) is 15.3. The van der Waals surface area contributed by atoms with Crippen LogP contribution in [0.2, 0.25) is 0 Å². The molecular formula is C16H11N7OS2. The average molecular weight is 381 g/mol. The molecule has 1 amide bonds. The monoisotopic (exact) mass is 381 g/mol. The summed E-state index contributed by atoms with van der Waals surface area (Å²) in [5.74, 6) is 0.754. The van der Waals surface area contributed by atoms with Crippen LogP contribution < -0.4 is 5.32 Å². The van der Waals surface area contributed by atoms with Crippen LogP contribution in [0.1, 0.15) is 0 Å². The molecular weight excluding hydrogens is 370 g/mol. The Morgan fingerprint density at radius 2 is 2.04 bits per heavy atom. The van der Waals surface area contributed by atoms with Crippen molar-refractivity contribution in [1.29, 1.82) is 0 Å². The Labute approximate surface area is 155 Å². The van der Waals surface area contributed by atoms with Gasteiger partial charge < -0.3 is 5.32 Å². The zero-order chi connectivity index (χ0) is 17.5. The summed E-state index contributed by atoms with van der Waals surface area (Å²) in [4.78, 5) is 16.8. The van der Waals surface area contributed by atoms with Gasteiger partial charge in [0.25, 0.3) is 0 Å². The number of carbonyl (C=O) groups is 1. The van der Waals surface area contributed by atoms with Crippen molar-refractivity contribution in [1.82, 2.24) is 28.3 Å². The van der Waals surface area contributed by atoms with Crippen molar-refractivity contribution >= 4 is 62.9 Å². The molecule has 128 valence electrons. The molecule has 8 nitrogen and oxygen atoms in total. The fraction of sp³-hybridized carbons (Fsp3) is 0.0625. The third-order valence-electron chi connectivity index (χ3n) is 3.90. The van der Waals surface area contributed by atoms with E-state index in [0.717, 1.165) is 28.3 Å². The lowest BCUT2D eigenvalue weighted by molar-refractivity contribution is -0.113. The number of hydrogen-bond donors (Lipinski definition) is 2. The first-order chi connectivity index (χ1) is 12.8. The van der Waals surface area contributed by atoms with Gasteiger partial charge >= 0.3 is 0 Å². The van der Waals surface area contributed by atoms with Crippen molar-refractivity contribution in [3.63, 3.8) is 0 Å². The van der Waals surface area contributed by atoms with E-state index in [4.69, 9.17) is 0 Å². The van der Waals surface area contributed by atoms with Crippen molar-refractivity contribution < 1.29 is 4.79 Å². The molecule has 0 aliphatic carbocycles. The molecule has 5 aromatic rings. The molecule has 0 aliphatic rings. The molecule has 0 atom stereocenters. The smallest absolute Gasteiger partial charge is 0.234 e. The highest BCUT2D eigenvalue weighted by Crippen LogP contribution is 2.24. The summed E-state index contributed by atoms with van der Waals surface area (Å²) in [6, 6.07) is 13.4. The highest BCUT2D eigenvalue weighted by Gasteiger charge is 2.14. The molecule has 0 aliphatic heterocycles. The topological polar surface area (TPSA) is 101 Å². The molecule has 0 fully saturated rings. The summed E-state index contributed by atoms with van der Waals surface area (Å²) in [5, 5.41) is 10.8. The van der Waals surface area contributed by atoms with E-state index in [2.05, 4.69) is 29.2 Å². The number of benzene rings is 2. The van der Waals surface area contributed by atoms with Crippen molar-refractivity contribution in [2.75, 3.05) is 11.1 Å². The van der Waals surface area contributed by atoms with E-state index in [0.29, 0.717) is 22.1 Å². The molecule has 0 radical (unpaired) electrons. The molecule has 2 N–H and O–H groups in total. The number of H-pyrrole nitrogens is 1. The number of imidazole rings is 1. The maximum Gasteiger partial charge on any atom is 0.234 e. The third-order valence-corrected chi connectivity index (χ3v) is 5.38. The zero-order valence-corrected chi connectivity index (χ0v) is 14.8. The van der Waals surface area contributed by atoms with Crippen LogP contribution >= 0.6 is 23.5 Å². The normalized spacial score (nSPS) is 11.5. The number of anilines is 1. The number of nitrogens with one attached hydrogen (secondary N) is 2. The molecule has 0 saturated heterocycles. The van der Waals surface area contributed by atoms with Gasteiger partial charge in [-0.25, -0.2) is 10.1 Å². The van der Waals surface area contributed by atoms with Crippen LogP contribution in [0, 0.1) is 0 Å². The minimum absolute atomic E-state index is 0.129. The van der Waals surface area contributed by atoms with Crippen molar-refractivity contribution in [2.24, 2.45) is 0 Å². The van der Waals surface area contributed by atoms with Gasteiger partial charge in [-0.05, 0) is 24.3 Å². The van der Waals surface area contributed by atoms with Crippen LogP contribution in [0.5, 0.6) is 0 Å².